The highest BCUT2D eigenvalue weighted by Crippen LogP contribution is 2.32. The average Bonchev–Trinajstić information content (AvgIpc) is 2.54. The highest BCUT2D eigenvalue weighted by Gasteiger charge is 2.19. The van der Waals surface area contributed by atoms with Crippen LogP contribution in [0.4, 0.5) is 11.4 Å². The van der Waals surface area contributed by atoms with E-state index in [2.05, 4.69) is 22.1 Å². The molecule has 1 atom stereocenters. The van der Waals surface area contributed by atoms with E-state index in [4.69, 9.17) is 0 Å². The van der Waals surface area contributed by atoms with Crippen LogP contribution in [0.5, 0.6) is 0 Å². The summed E-state index contributed by atoms with van der Waals surface area (Å²) in [5.41, 5.74) is 1.33. The number of benzene rings is 1. The van der Waals surface area contributed by atoms with Crippen molar-refractivity contribution in [3.05, 3.63) is 40.6 Å². The van der Waals surface area contributed by atoms with Gasteiger partial charge >= 0.3 is 5.69 Å². The Morgan fingerprint density at radius 2 is 2.30 bits per heavy atom. The number of anilines is 1. The first-order valence-corrected chi connectivity index (χ1v) is 8.13. The Bertz CT molecular complexity index is 704. The minimum atomic E-state index is -0.324. The molecule has 1 aliphatic heterocycles. The average molecular weight is 314 g/mol. The van der Waals surface area contributed by atoms with E-state index in [0.29, 0.717) is 23.1 Å². The molecule has 1 aliphatic rings. The molecule has 2 heterocycles. The van der Waals surface area contributed by atoms with Crippen molar-refractivity contribution in [2.24, 2.45) is 5.92 Å². The molecular weight excluding hydrogens is 292 g/mol. The van der Waals surface area contributed by atoms with E-state index in [1.807, 2.05) is 6.07 Å². The number of nitrogens with zero attached hydrogens (tertiary/aromatic N) is 3. The van der Waals surface area contributed by atoms with Crippen molar-refractivity contribution in [3.63, 3.8) is 0 Å². The summed E-state index contributed by atoms with van der Waals surface area (Å²) in [6.45, 7) is 6.13. The molecule has 0 amide bonds. The number of hydrogen-bond acceptors (Lipinski definition) is 5. The molecule has 1 N–H and O–H groups in total. The van der Waals surface area contributed by atoms with Crippen molar-refractivity contribution in [2.75, 3.05) is 31.5 Å². The van der Waals surface area contributed by atoms with Gasteiger partial charge in [-0.1, -0.05) is 6.92 Å². The fraction of sp³-hybridized carbons (Fsp3) is 0.471. The lowest BCUT2D eigenvalue weighted by molar-refractivity contribution is -0.382. The molecule has 122 valence electrons. The third-order valence-electron chi connectivity index (χ3n) is 4.42. The molecule has 0 saturated carbocycles. The molecule has 1 saturated heterocycles. The van der Waals surface area contributed by atoms with Crippen LogP contribution in [0.3, 0.4) is 0 Å². The minimum absolute atomic E-state index is 0.114. The largest absolute Gasteiger partial charge is 0.378 e. The summed E-state index contributed by atoms with van der Waals surface area (Å²) >= 11 is 0. The highest BCUT2D eigenvalue weighted by molar-refractivity contribution is 5.94. The van der Waals surface area contributed by atoms with Gasteiger partial charge in [0.2, 0.25) is 0 Å². The van der Waals surface area contributed by atoms with Crippen molar-refractivity contribution in [1.82, 2.24) is 9.88 Å². The molecule has 3 rings (SSSR count). The van der Waals surface area contributed by atoms with Crippen molar-refractivity contribution in [1.29, 1.82) is 0 Å². The van der Waals surface area contributed by atoms with Crippen LogP contribution in [0.25, 0.3) is 10.9 Å². The second-order valence-corrected chi connectivity index (χ2v) is 6.26. The van der Waals surface area contributed by atoms with Gasteiger partial charge in [-0.15, -0.1) is 0 Å². The van der Waals surface area contributed by atoms with Crippen LogP contribution in [-0.2, 0) is 0 Å². The molecule has 0 spiro atoms. The number of likely N-dealkylation sites (tertiary alicyclic amines) is 1. The first kappa shape index (κ1) is 15.7. The minimum Gasteiger partial charge on any atom is -0.378 e. The van der Waals surface area contributed by atoms with E-state index >= 15 is 0 Å². The Morgan fingerprint density at radius 3 is 3.09 bits per heavy atom. The Balaban J connectivity index is 1.72. The molecule has 1 aromatic heterocycles. The van der Waals surface area contributed by atoms with Gasteiger partial charge < -0.3 is 10.2 Å². The highest BCUT2D eigenvalue weighted by atomic mass is 16.6. The second kappa shape index (κ2) is 6.91. The number of nitro groups is 1. The molecule has 0 bridgehead atoms. The first-order chi connectivity index (χ1) is 11.1. The van der Waals surface area contributed by atoms with Crippen LogP contribution in [-0.4, -0.2) is 41.0 Å². The fourth-order valence-electron chi connectivity index (χ4n) is 3.31. The van der Waals surface area contributed by atoms with Crippen molar-refractivity contribution in [2.45, 2.75) is 19.8 Å². The maximum atomic E-state index is 11.5. The number of fused-ring (bicyclic) bond motifs is 1. The molecule has 23 heavy (non-hydrogen) atoms. The van der Waals surface area contributed by atoms with Gasteiger partial charge in [0.25, 0.3) is 0 Å². The summed E-state index contributed by atoms with van der Waals surface area (Å²) < 4.78 is 0. The number of hydrogen-bond donors (Lipinski definition) is 1. The molecule has 6 heteroatoms. The van der Waals surface area contributed by atoms with Crippen LogP contribution in [0.1, 0.15) is 19.8 Å². The zero-order valence-electron chi connectivity index (χ0n) is 13.4. The van der Waals surface area contributed by atoms with E-state index in [1.165, 1.54) is 12.8 Å². The van der Waals surface area contributed by atoms with Gasteiger partial charge in [-0.25, -0.2) is 0 Å². The quantitative estimate of drug-likeness (QED) is 0.677. The fourth-order valence-corrected chi connectivity index (χ4v) is 3.31. The summed E-state index contributed by atoms with van der Waals surface area (Å²) in [6.07, 6.45) is 4.19. The first-order valence-electron chi connectivity index (χ1n) is 8.13. The predicted octanol–water partition coefficient (Wildman–Crippen LogP) is 3.29. The lowest BCUT2D eigenvalue weighted by atomic mass is 10.0. The van der Waals surface area contributed by atoms with E-state index in [9.17, 15) is 10.1 Å². The number of nitrogens with one attached hydrogen (secondary N) is 1. The summed E-state index contributed by atoms with van der Waals surface area (Å²) in [5, 5.41) is 15.3. The summed E-state index contributed by atoms with van der Waals surface area (Å²) in [5.74, 6) is 0.741. The number of piperidine rings is 1. The van der Waals surface area contributed by atoms with Gasteiger partial charge in [-0.3, -0.25) is 15.1 Å². The topological polar surface area (TPSA) is 71.3 Å². The van der Waals surface area contributed by atoms with Crippen LogP contribution >= 0.6 is 0 Å². The smallest absolute Gasteiger partial charge is 0.301 e. The van der Waals surface area contributed by atoms with Crippen LogP contribution in [0.15, 0.2) is 30.5 Å². The van der Waals surface area contributed by atoms with Crippen molar-refractivity contribution in [3.8, 4) is 0 Å². The Kier molecular flexibility index (Phi) is 4.71. The third kappa shape index (κ3) is 3.59. The van der Waals surface area contributed by atoms with Gasteiger partial charge in [0, 0.05) is 25.8 Å². The molecule has 1 unspecified atom stereocenters. The zero-order valence-corrected chi connectivity index (χ0v) is 13.4. The Labute approximate surface area is 135 Å². The van der Waals surface area contributed by atoms with E-state index < -0.39 is 0 Å². The second-order valence-electron chi connectivity index (χ2n) is 6.26. The number of pyridine rings is 1. The summed E-state index contributed by atoms with van der Waals surface area (Å²) in [4.78, 5) is 17.8. The molecule has 0 aliphatic carbocycles. The Morgan fingerprint density at radius 1 is 1.43 bits per heavy atom. The monoisotopic (exact) mass is 314 g/mol. The van der Waals surface area contributed by atoms with Crippen LogP contribution in [0, 0.1) is 16.0 Å². The maximum Gasteiger partial charge on any atom is 0.301 e. The third-order valence-corrected chi connectivity index (χ3v) is 4.42. The number of aromatic nitrogens is 1. The lowest BCUT2D eigenvalue weighted by Crippen LogP contribution is -2.37. The molecule has 0 radical (unpaired) electrons. The normalized spacial score (nSPS) is 18.9. The van der Waals surface area contributed by atoms with E-state index in [-0.39, 0.29) is 10.6 Å². The summed E-state index contributed by atoms with van der Waals surface area (Å²) in [6, 6.07) is 7.06. The SMILES string of the molecule is CC1CCCN(CCNc2ccc3ncccc3c2[N+](=O)[O-])C1. The molecule has 1 aromatic carbocycles. The van der Waals surface area contributed by atoms with E-state index in [0.717, 1.165) is 25.6 Å². The van der Waals surface area contributed by atoms with Gasteiger partial charge in [0.1, 0.15) is 5.69 Å². The maximum absolute atomic E-state index is 11.5. The number of nitro benzene ring substituents is 1. The standard InChI is InChI=1S/C17H22N4O2/c1-13-4-3-10-20(12-13)11-9-19-16-7-6-15-14(5-2-8-18-15)17(16)21(22)23/h2,5-8,13,19H,3-4,9-12H2,1H3. The molecule has 1 fully saturated rings. The molecule has 2 aromatic rings. The zero-order chi connectivity index (χ0) is 16.2. The van der Waals surface area contributed by atoms with Gasteiger partial charge in [0.05, 0.1) is 15.8 Å². The molecule has 6 nitrogen and oxygen atoms in total. The molecular formula is C17H22N4O2. The number of rotatable bonds is 5. The van der Waals surface area contributed by atoms with Gasteiger partial charge in [-0.05, 0) is 49.6 Å². The van der Waals surface area contributed by atoms with Gasteiger partial charge in [-0.2, -0.15) is 0 Å². The van der Waals surface area contributed by atoms with Crippen molar-refractivity contribution < 1.29 is 4.92 Å². The van der Waals surface area contributed by atoms with Crippen LogP contribution in [0.2, 0.25) is 0 Å². The predicted molar refractivity (Wildman–Crippen MR) is 91.7 cm³/mol. The summed E-state index contributed by atoms with van der Waals surface area (Å²) in [7, 11) is 0. The van der Waals surface area contributed by atoms with Crippen molar-refractivity contribution >= 4 is 22.3 Å². The van der Waals surface area contributed by atoms with E-state index in [1.54, 1.807) is 24.4 Å². The van der Waals surface area contributed by atoms with Crippen LogP contribution < -0.4 is 5.32 Å². The van der Waals surface area contributed by atoms with Gasteiger partial charge in [0.15, 0.2) is 0 Å². The lowest BCUT2D eigenvalue weighted by Gasteiger charge is -2.30. The Hall–Kier alpha value is -2.21.